The molecule has 154 valence electrons. The zero-order chi connectivity index (χ0) is 21.3. The van der Waals surface area contributed by atoms with Gasteiger partial charge in [-0.1, -0.05) is 18.2 Å². The Balaban J connectivity index is 1.59. The Kier molecular flexibility index (Phi) is 5.40. The number of amides is 2. The molecule has 0 unspecified atom stereocenters. The minimum absolute atomic E-state index is 0.0262. The van der Waals surface area contributed by atoms with Gasteiger partial charge in [0, 0.05) is 55.6 Å². The number of rotatable bonds is 3. The fourth-order valence-electron chi connectivity index (χ4n) is 3.95. The molecule has 2 heterocycles. The van der Waals surface area contributed by atoms with Gasteiger partial charge in [-0.25, -0.2) is 0 Å². The third-order valence-electron chi connectivity index (χ3n) is 5.43. The Morgan fingerprint density at radius 3 is 2.43 bits per heavy atom. The largest absolute Gasteiger partial charge is 0.368 e. The molecule has 0 aliphatic carbocycles. The van der Waals surface area contributed by atoms with Crippen LogP contribution in [0.1, 0.15) is 28.5 Å². The van der Waals surface area contributed by atoms with Crippen LogP contribution in [-0.2, 0) is 4.79 Å². The third kappa shape index (κ3) is 4.13. The molecule has 0 radical (unpaired) electrons. The quantitative estimate of drug-likeness (QED) is 0.724. The van der Waals surface area contributed by atoms with E-state index in [1.807, 2.05) is 30.0 Å². The summed E-state index contributed by atoms with van der Waals surface area (Å²) >= 11 is 0. The first kappa shape index (κ1) is 19.9. The maximum atomic E-state index is 13.4. The summed E-state index contributed by atoms with van der Waals surface area (Å²) in [5.74, 6) is -0.200. The van der Waals surface area contributed by atoms with Gasteiger partial charge in [-0.3, -0.25) is 14.6 Å². The van der Waals surface area contributed by atoms with Crippen molar-refractivity contribution in [1.82, 2.24) is 9.88 Å². The fourth-order valence-corrected chi connectivity index (χ4v) is 3.95. The van der Waals surface area contributed by atoms with Crippen molar-refractivity contribution in [2.75, 3.05) is 36.4 Å². The third-order valence-corrected chi connectivity index (χ3v) is 5.43. The van der Waals surface area contributed by atoms with Crippen molar-refractivity contribution < 1.29 is 9.59 Å². The van der Waals surface area contributed by atoms with Crippen LogP contribution in [0.2, 0.25) is 0 Å². The second kappa shape index (κ2) is 8.14. The average molecular weight is 402 g/mol. The van der Waals surface area contributed by atoms with Crippen molar-refractivity contribution in [2.24, 2.45) is 0 Å². The number of aryl methyl sites for hydroxylation is 2. The highest BCUT2D eigenvalue weighted by atomic mass is 16.2. The van der Waals surface area contributed by atoms with Gasteiger partial charge in [0.05, 0.1) is 11.1 Å². The van der Waals surface area contributed by atoms with Gasteiger partial charge in [-0.15, -0.1) is 0 Å². The molecule has 1 N–H and O–H groups in total. The second-order valence-electron chi connectivity index (χ2n) is 7.84. The molecule has 1 fully saturated rings. The van der Waals surface area contributed by atoms with Gasteiger partial charge in [0.1, 0.15) is 0 Å². The highest BCUT2D eigenvalue weighted by molar-refractivity contribution is 6.08. The standard InChI is InChI=1S/C24H26N4O2/c1-16-5-4-6-20(13-16)27-9-11-28(12-10-27)24(30)22-14-19(26-18(3)29)15-23-21(22)8-7-17(2)25-23/h4-8,13-15H,9-12H2,1-3H3,(H,26,29). The topological polar surface area (TPSA) is 65.5 Å². The van der Waals surface area contributed by atoms with Crippen molar-refractivity contribution in [3.63, 3.8) is 0 Å². The van der Waals surface area contributed by atoms with Gasteiger partial charge < -0.3 is 15.1 Å². The molecule has 0 spiro atoms. The van der Waals surface area contributed by atoms with Crippen molar-refractivity contribution in [3.8, 4) is 0 Å². The number of aromatic nitrogens is 1. The molecule has 1 aromatic heterocycles. The van der Waals surface area contributed by atoms with Crippen LogP contribution >= 0.6 is 0 Å². The number of carbonyl (C=O) groups excluding carboxylic acids is 2. The van der Waals surface area contributed by atoms with Crippen LogP contribution in [0.15, 0.2) is 48.5 Å². The highest BCUT2D eigenvalue weighted by Crippen LogP contribution is 2.26. The second-order valence-corrected chi connectivity index (χ2v) is 7.84. The molecule has 6 heteroatoms. The lowest BCUT2D eigenvalue weighted by Gasteiger charge is -2.36. The first-order chi connectivity index (χ1) is 14.4. The molecule has 1 aliphatic rings. The van der Waals surface area contributed by atoms with Crippen LogP contribution in [0.5, 0.6) is 0 Å². The molecule has 1 aliphatic heterocycles. The number of nitrogens with zero attached hydrogens (tertiary/aromatic N) is 3. The lowest BCUT2D eigenvalue weighted by Crippen LogP contribution is -2.48. The van der Waals surface area contributed by atoms with E-state index in [9.17, 15) is 9.59 Å². The lowest BCUT2D eigenvalue weighted by molar-refractivity contribution is -0.114. The summed E-state index contributed by atoms with van der Waals surface area (Å²) in [5.41, 5.74) is 5.17. The molecular weight excluding hydrogens is 376 g/mol. The van der Waals surface area contributed by atoms with Crippen molar-refractivity contribution in [1.29, 1.82) is 0 Å². The van der Waals surface area contributed by atoms with Crippen LogP contribution in [0.4, 0.5) is 11.4 Å². The Hall–Kier alpha value is -3.41. The lowest BCUT2D eigenvalue weighted by atomic mass is 10.0. The number of anilines is 2. The average Bonchev–Trinajstić information content (AvgIpc) is 2.72. The van der Waals surface area contributed by atoms with Crippen molar-refractivity contribution in [2.45, 2.75) is 20.8 Å². The van der Waals surface area contributed by atoms with E-state index in [1.54, 1.807) is 6.07 Å². The Labute approximate surface area is 176 Å². The minimum Gasteiger partial charge on any atom is -0.368 e. The van der Waals surface area contributed by atoms with E-state index in [0.29, 0.717) is 29.9 Å². The fraction of sp³-hybridized carbons (Fsp3) is 0.292. The molecule has 2 amide bonds. The first-order valence-corrected chi connectivity index (χ1v) is 10.2. The van der Waals surface area contributed by atoms with Gasteiger partial charge in [0.2, 0.25) is 5.91 Å². The van der Waals surface area contributed by atoms with Crippen molar-refractivity contribution >= 4 is 34.1 Å². The maximum Gasteiger partial charge on any atom is 0.254 e. The number of hydrogen-bond donors (Lipinski definition) is 1. The molecule has 1 saturated heterocycles. The van der Waals surface area contributed by atoms with E-state index in [1.165, 1.54) is 18.2 Å². The van der Waals surface area contributed by atoms with Gasteiger partial charge in [-0.2, -0.15) is 0 Å². The molecular formula is C24H26N4O2. The van der Waals surface area contributed by atoms with E-state index in [-0.39, 0.29) is 11.8 Å². The zero-order valence-corrected chi connectivity index (χ0v) is 17.6. The van der Waals surface area contributed by atoms with Crippen molar-refractivity contribution in [3.05, 3.63) is 65.4 Å². The summed E-state index contributed by atoms with van der Waals surface area (Å²) in [6.45, 7) is 8.34. The predicted molar refractivity (Wildman–Crippen MR) is 120 cm³/mol. The molecule has 0 saturated carbocycles. The van der Waals surface area contributed by atoms with Gasteiger partial charge in [0.15, 0.2) is 0 Å². The number of carbonyl (C=O) groups is 2. The Morgan fingerprint density at radius 2 is 1.73 bits per heavy atom. The van der Waals surface area contributed by atoms with Gasteiger partial charge >= 0.3 is 0 Å². The summed E-state index contributed by atoms with van der Waals surface area (Å²) in [5, 5.41) is 3.60. The molecule has 30 heavy (non-hydrogen) atoms. The van der Waals surface area contributed by atoms with Crippen LogP contribution in [0.3, 0.4) is 0 Å². The minimum atomic E-state index is -0.174. The first-order valence-electron chi connectivity index (χ1n) is 10.2. The van der Waals surface area contributed by atoms with Gasteiger partial charge in [0.25, 0.3) is 5.91 Å². The number of fused-ring (bicyclic) bond motifs is 1. The van der Waals surface area contributed by atoms with E-state index < -0.39 is 0 Å². The van der Waals surface area contributed by atoms with E-state index in [0.717, 1.165) is 24.2 Å². The molecule has 4 rings (SSSR count). The van der Waals surface area contributed by atoms with Gasteiger partial charge in [-0.05, 0) is 49.7 Å². The van der Waals surface area contributed by atoms with E-state index in [4.69, 9.17) is 0 Å². The molecule has 6 nitrogen and oxygen atoms in total. The van der Waals surface area contributed by atoms with Crippen LogP contribution in [0.25, 0.3) is 10.9 Å². The Bertz CT molecular complexity index is 1120. The summed E-state index contributed by atoms with van der Waals surface area (Å²) in [6, 6.07) is 15.9. The van der Waals surface area contributed by atoms with Crippen LogP contribution in [-0.4, -0.2) is 47.9 Å². The molecule has 3 aromatic rings. The molecule has 0 bridgehead atoms. The zero-order valence-electron chi connectivity index (χ0n) is 17.6. The number of benzene rings is 2. The highest BCUT2D eigenvalue weighted by Gasteiger charge is 2.24. The number of hydrogen-bond acceptors (Lipinski definition) is 4. The van der Waals surface area contributed by atoms with E-state index in [2.05, 4.69) is 46.4 Å². The van der Waals surface area contributed by atoms with E-state index >= 15 is 0 Å². The Morgan fingerprint density at radius 1 is 0.967 bits per heavy atom. The number of piperazine rings is 1. The molecule has 0 atom stereocenters. The monoisotopic (exact) mass is 402 g/mol. The predicted octanol–water partition coefficient (Wildman–Crippen LogP) is 3.77. The molecule has 2 aromatic carbocycles. The van der Waals surface area contributed by atoms with Crippen LogP contribution in [0, 0.1) is 13.8 Å². The summed E-state index contributed by atoms with van der Waals surface area (Å²) < 4.78 is 0. The summed E-state index contributed by atoms with van der Waals surface area (Å²) in [6.07, 6.45) is 0. The van der Waals surface area contributed by atoms with Crippen LogP contribution < -0.4 is 10.2 Å². The maximum absolute atomic E-state index is 13.4. The summed E-state index contributed by atoms with van der Waals surface area (Å²) in [4.78, 5) is 33.7. The normalized spacial score (nSPS) is 14.1. The smallest absolute Gasteiger partial charge is 0.254 e. The number of nitrogens with one attached hydrogen (secondary N) is 1. The SMILES string of the molecule is CC(=O)Nc1cc(C(=O)N2CCN(c3cccc(C)c3)CC2)c2ccc(C)nc2c1. The number of pyridine rings is 1. The summed E-state index contributed by atoms with van der Waals surface area (Å²) in [7, 11) is 0.